The Labute approximate surface area is 110 Å². The number of likely N-dealkylation sites (N-methyl/N-ethyl adjacent to an activating group) is 1. The van der Waals surface area contributed by atoms with Gasteiger partial charge >= 0.3 is 0 Å². The lowest BCUT2D eigenvalue weighted by Crippen LogP contribution is -2.33. The predicted molar refractivity (Wildman–Crippen MR) is 77.7 cm³/mol. The molecular formula is C14H24N2S. The molecule has 1 aromatic rings. The van der Waals surface area contributed by atoms with Gasteiger partial charge in [-0.1, -0.05) is 12.1 Å². The van der Waals surface area contributed by atoms with E-state index in [1.807, 2.05) is 0 Å². The largest absolute Gasteiger partial charge is 0.311 e. The first-order chi connectivity index (χ1) is 8.13. The number of hydrogen-bond acceptors (Lipinski definition) is 3. The predicted octanol–water partition coefficient (Wildman–Crippen LogP) is 2.84. The van der Waals surface area contributed by atoms with Gasteiger partial charge in [0.1, 0.15) is 0 Å². The molecule has 1 rings (SSSR count). The van der Waals surface area contributed by atoms with Crippen molar-refractivity contribution in [3.63, 3.8) is 0 Å². The van der Waals surface area contributed by atoms with Crippen molar-refractivity contribution in [2.45, 2.75) is 31.3 Å². The molecule has 0 radical (unpaired) electrons. The second-order valence-corrected chi connectivity index (χ2v) is 5.48. The second-order valence-electron chi connectivity index (χ2n) is 4.60. The highest BCUT2D eigenvalue weighted by Gasteiger charge is 2.01. The van der Waals surface area contributed by atoms with Crippen LogP contribution >= 0.6 is 11.8 Å². The average molecular weight is 252 g/mol. The zero-order chi connectivity index (χ0) is 12.7. The average Bonchev–Trinajstić information content (AvgIpc) is 2.35. The first-order valence-corrected chi connectivity index (χ1v) is 7.40. The minimum Gasteiger partial charge on any atom is -0.311 e. The summed E-state index contributed by atoms with van der Waals surface area (Å²) in [6.07, 6.45) is 2.11. The van der Waals surface area contributed by atoms with Crippen molar-refractivity contribution in [2.75, 3.05) is 26.4 Å². The lowest BCUT2D eigenvalue weighted by Gasteiger charge is -2.20. The Kier molecular flexibility index (Phi) is 6.63. The molecule has 0 atom stereocenters. The van der Waals surface area contributed by atoms with Gasteiger partial charge in [-0.3, -0.25) is 0 Å². The van der Waals surface area contributed by atoms with E-state index in [1.54, 1.807) is 11.8 Å². The van der Waals surface area contributed by atoms with Crippen molar-refractivity contribution in [3.8, 4) is 0 Å². The summed E-state index contributed by atoms with van der Waals surface area (Å²) >= 11 is 1.79. The van der Waals surface area contributed by atoms with Gasteiger partial charge in [0.25, 0.3) is 0 Å². The molecule has 0 aliphatic carbocycles. The van der Waals surface area contributed by atoms with Crippen LogP contribution in [0.3, 0.4) is 0 Å². The molecule has 1 aromatic carbocycles. The van der Waals surface area contributed by atoms with Crippen molar-refractivity contribution < 1.29 is 0 Å². The highest BCUT2D eigenvalue weighted by molar-refractivity contribution is 7.98. The molecule has 0 unspecified atom stereocenters. The smallest absolute Gasteiger partial charge is 0.0206 e. The fraction of sp³-hybridized carbons (Fsp3) is 0.571. The van der Waals surface area contributed by atoms with Gasteiger partial charge in [-0.05, 0) is 44.8 Å². The maximum Gasteiger partial charge on any atom is 0.0206 e. The first-order valence-electron chi connectivity index (χ1n) is 6.17. The van der Waals surface area contributed by atoms with E-state index in [1.165, 1.54) is 10.5 Å². The topological polar surface area (TPSA) is 15.3 Å². The van der Waals surface area contributed by atoms with Gasteiger partial charge in [0.15, 0.2) is 0 Å². The highest BCUT2D eigenvalue weighted by Crippen LogP contribution is 2.14. The summed E-state index contributed by atoms with van der Waals surface area (Å²) in [5, 5.41) is 3.48. The monoisotopic (exact) mass is 252 g/mol. The molecule has 0 aromatic heterocycles. The number of benzene rings is 1. The molecule has 0 heterocycles. The van der Waals surface area contributed by atoms with E-state index in [2.05, 4.69) is 61.6 Å². The number of rotatable bonds is 7. The van der Waals surface area contributed by atoms with Crippen molar-refractivity contribution in [1.29, 1.82) is 0 Å². The van der Waals surface area contributed by atoms with Gasteiger partial charge in [-0.15, -0.1) is 11.8 Å². The zero-order valence-corrected chi connectivity index (χ0v) is 12.2. The minimum absolute atomic E-state index is 0.623. The third-order valence-electron chi connectivity index (χ3n) is 3.01. The van der Waals surface area contributed by atoms with Crippen molar-refractivity contribution in [2.24, 2.45) is 0 Å². The highest BCUT2D eigenvalue weighted by atomic mass is 32.2. The zero-order valence-electron chi connectivity index (χ0n) is 11.4. The minimum atomic E-state index is 0.623. The quantitative estimate of drug-likeness (QED) is 0.593. The van der Waals surface area contributed by atoms with Gasteiger partial charge in [-0.2, -0.15) is 0 Å². The normalized spacial score (nSPS) is 11.4. The van der Waals surface area contributed by atoms with E-state index in [0.717, 1.165) is 19.6 Å². The fourth-order valence-corrected chi connectivity index (χ4v) is 1.90. The van der Waals surface area contributed by atoms with Crippen LogP contribution in [-0.2, 0) is 6.54 Å². The second kappa shape index (κ2) is 7.75. The Bertz CT molecular complexity index is 309. The fourth-order valence-electron chi connectivity index (χ4n) is 1.49. The van der Waals surface area contributed by atoms with Gasteiger partial charge < -0.3 is 10.2 Å². The van der Waals surface area contributed by atoms with Crippen LogP contribution in [0.1, 0.15) is 19.4 Å². The molecule has 2 nitrogen and oxygen atoms in total. The van der Waals surface area contributed by atoms with E-state index in [0.29, 0.717) is 6.04 Å². The molecule has 0 aliphatic heterocycles. The van der Waals surface area contributed by atoms with Crippen molar-refractivity contribution in [1.82, 2.24) is 10.2 Å². The van der Waals surface area contributed by atoms with Crippen LogP contribution in [0.25, 0.3) is 0 Å². The summed E-state index contributed by atoms with van der Waals surface area (Å²) in [5.74, 6) is 0. The molecule has 0 amide bonds. The Morgan fingerprint density at radius 3 is 2.41 bits per heavy atom. The van der Waals surface area contributed by atoms with Gasteiger partial charge in [0.05, 0.1) is 0 Å². The van der Waals surface area contributed by atoms with Gasteiger partial charge in [0.2, 0.25) is 0 Å². The van der Waals surface area contributed by atoms with E-state index in [4.69, 9.17) is 0 Å². The Balaban J connectivity index is 2.22. The Hall–Kier alpha value is -0.510. The Morgan fingerprint density at radius 2 is 1.88 bits per heavy atom. The first kappa shape index (κ1) is 14.6. The lowest BCUT2D eigenvalue weighted by molar-refractivity contribution is 0.273. The lowest BCUT2D eigenvalue weighted by atomic mass is 10.2. The van der Waals surface area contributed by atoms with Crippen LogP contribution in [0, 0.1) is 0 Å². The van der Waals surface area contributed by atoms with Crippen LogP contribution in [0.15, 0.2) is 29.2 Å². The molecule has 96 valence electrons. The van der Waals surface area contributed by atoms with Crippen LogP contribution < -0.4 is 5.32 Å². The van der Waals surface area contributed by atoms with E-state index in [-0.39, 0.29) is 0 Å². The summed E-state index contributed by atoms with van der Waals surface area (Å²) < 4.78 is 0. The van der Waals surface area contributed by atoms with Crippen molar-refractivity contribution in [3.05, 3.63) is 29.8 Å². The van der Waals surface area contributed by atoms with Crippen LogP contribution in [0.4, 0.5) is 0 Å². The number of nitrogens with one attached hydrogen (secondary N) is 1. The third-order valence-corrected chi connectivity index (χ3v) is 3.75. The van der Waals surface area contributed by atoms with Crippen LogP contribution in [0.2, 0.25) is 0 Å². The van der Waals surface area contributed by atoms with Crippen LogP contribution in [0.5, 0.6) is 0 Å². The molecule has 0 fully saturated rings. The molecule has 1 N–H and O–H groups in total. The Morgan fingerprint density at radius 1 is 1.24 bits per heavy atom. The maximum atomic E-state index is 3.48. The third kappa shape index (κ3) is 5.57. The summed E-state index contributed by atoms with van der Waals surface area (Å²) in [7, 11) is 2.17. The van der Waals surface area contributed by atoms with Gasteiger partial charge in [-0.25, -0.2) is 0 Å². The van der Waals surface area contributed by atoms with E-state index >= 15 is 0 Å². The summed E-state index contributed by atoms with van der Waals surface area (Å²) in [4.78, 5) is 3.68. The van der Waals surface area contributed by atoms with Crippen molar-refractivity contribution >= 4 is 11.8 Å². The SMILES string of the molecule is CSc1ccc(CNCCN(C)C(C)C)cc1. The molecule has 0 bridgehead atoms. The number of thioether (sulfide) groups is 1. The molecule has 17 heavy (non-hydrogen) atoms. The molecule has 0 saturated heterocycles. The molecule has 0 aliphatic rings. The molecular weight excluding hydrogens is 228 g/mol. The van der Waals surface area contributed by atoms with Crippen LogP contribution in [-0.4, -0.2) is 37.3 Å². The van der Waals surface area contributed by atoms with Gasteiger partial charge in [0, 0.05) is 30.6 Å². The molecule has 3 heteroatoms. The standard InChI is InChI=1S/C14H24N2S/c1-12(2)16(3)10-9-15-11-13-5-7-14(17-4)8-6-13/h5-8,12,15H,9-11H2,1-4H3. The molecule has 0 saturated carbocycles. The maximum absolute atomic E-state index is 3.48. The molecule has 0 spiro atoms. The summed E-state index contributed by atoms with van der Waals surface area (Å²) in [5.41, 5.74) is 1.36. The number of nitrogens with zero attached hydrogens (tertiary/aromatic N) is 1. The van der Waals surface area contributed by atoms with E-state index < -0.39 is 0 Å². The summed E-state index contributed by atoms with van der Waals surface area (Å²) in [6.45, 7) is 7.54. The van der Waals surface area contributed by atoms with E-state index in [9.17, 15) is 0 Å². The number of hydrogen-bond donors (Lipinski definition) is 1. The summed E-state index contributed by atoms with van der Waals surface area (Å²) in [6, 6.07) is 9.39.